The summed E-state index contributed by atoms with van der Waals surface area (Å²) in [5.41, 5.74) is 3.36. The van der Waals surface area contributed by atoms with Gasteiger partial charge in [-0.25, -0.2) is 9.37 Å². The number of aromatic nitrogens is 2. The molecule has 3 aromatic rings. The number of imidazole rings is 1. The molecule has 0 bridgehead atoms. The van der Waals surface area contributed by atoms with Crippen molar-refractivity contribution in [3.05, 3.63) is 89.1 Å². The van der Waals surface area contributed by atoms with E-state index in [1.54, 1.807) is 42.7 Å². The maximum absolute atomic E-state index is 14.4. The summed E-state index contributed by atoms with van der Waals surface area (Å²) >= 11 is 6.56. The van der Waals surface area contributed by atoms with Crippen LogP contribution < -0.4 is 4.74 Å². The number of carbonyl (C=O) groups excluding carboxylic acids is 1. The predicted molar refractivity (Wildman–Crippen MR) is 155 cm³/mol. The molecule has 2 aromatic carbocycles. The maximum atomic E-state index is 14.4. The van der Waals surface area contributed by atoms with Crippen molar-refractivity contribution in [2.24, 2.45) is 4.99 Å². The number of aliphatic imine (C=N–C) groups is 1. The smallest absolute Gasteiger partial charge is 0.255 e. The van der Waals surface area contributed by atoms with E-state index < -0.39 is 5.82 Å². The van der Waals surface area contributed by atoms with Gasteiger partial charge in [-0.15, -0.1) is 0 Å². The zero-order chi connectivity index (χ0) is 27.4. The molecule has 0 N–H and O–H groups in total. The quantitative estimate of drug-likeness (QED) is 0.237. The van der Waals surface area contributed by atoms with Crippen molar-refractivity contribution in [3.63, 3.8) is 0 Å². The molecule has 1 aromatic heterocycles. The minimum absolute atomic E-state index is 0.0792. The summed E-state index contributed by atoms with van der Waals surface area (Å²) in [5, 5.41) is 0.370. The lowest BCUT2D eigenvalue weighted by Gasteiger charge is -2.27. The van der Waals surface area contributed by atoms with E-state index in [0.29, 0.717) is 34.1 Å². The number of hydrogen-bond donors (Lipinski definition) is 0. The number of nitrogens with zero attached hydrogens (tertiary/aromatic N) is 4. The van der Waals surface area contributed by atoms with E-state index in [1.807, 2.05) is 34.9 Å². The second kappa shape index (κ2) is 11.8. The highest BCUT2D eigenvalue weighted by atomic mass is 35.5. The number of fused-ring (bicyclic) bond motifs is 1. The van der Waals surface area contributed by atoms with Gasteiger partial charge in [-0.05, 0) is 68.5 Å². The van der Waals surface area contributed by atoms with Gasteiger partial charge in [-0.2, -0.15) is 0 Å². The van der Waals surface area contributed by atoms with Crippen LogP contribution >= 0.6 is 11.6 Å². The van der Waals surface area contributed by atoms with Gasteiger partial charge >= 0.3 is 0 Å². The summed E-state index contributed by atoms with van der Waals surface area (Å²) in [6.45, 7) is 0. The first-order valence-corrected chi connectivity index (χ1v) is 13.4. The average molecular weight is 545 g/mol. The normalized spacial score (nSPS) is 15.5. The van der Waals surface area contributed by atoms with Gasteiger partial charge in [0.1, 0.15) is 5.82 Å². The molecular weight excluding hydrogens is 515 g/mol. The van der Waals surface area contributed by atoms with Crippen molar-refractivity contribution in [2.75, 3.05) is 14.2 Å². The lowest BCUT2D eigenvalue weighted by Crippen LogP contribution is -2.36. The second-order valence-electron chi connectivity index (χ2n) is 9.58. The summed E-state index contributed by atoms with van der Waals surface area (Å²) in [6.07, 6.45) is 18.3. The van der Waals surface area contributed by atoms with E-state index >= 15 is 0 Å². The molecule has 39 heavy (non-hydrogen) atoms. The maximum Gasteiger partial charge on any atom is 0.255 e. The number of benzene rings is 2. The van der Waals surface area contributed by atoms with Gasteiger partial charge in [0.15, 0.2) is 11.6 Å². The standard InChI is InChI=1S/C31H30ClFN4O2/c1-36(24-10-5-3-4-6-11-24)31(38)25-14-13-23(18-26(25)32)34-19-22-9-7-8-16-37-28(20-35-30(22)37)21-12-15-29(39-2)27(33)17-21/h3-4,8-9,12-20,24H,5-7,10-11H2,1-2H3/b34-19+. The van der Waals surface area contributed by atoms with Gasteiger partial charge in [0.25, 0.3) is 5.91 Å². The average Bonchev–Trinajstić information content (AvgIpc) is 3.09. The van der Waals surface area contributed by atoms with Gasteiger partial charge in [0.05, 0.1) is 35.3 Å². The molecule has 8 heteroatoms. The van der Waals surface area contributed by atoms with E-state index in [9.17, 15) is 9.18 Å². The minimum Gasteiger partial charge on any atom is -0.494 e. The summed E-state index contributed by atoms with van der Waals surface area (Å²) in [6, 6.07) is 10.3. The van der Waals surface area contributed by atoms with Gasteiger partial charge in [-0.1, -0.05) is 35.9 Å². The minimum atomic E-state index is -0.434. The van der Waals surface area contributed by atoms with E-state index in [1.165, 1.54) is 13.2 Å². The van der Waals surface area contributed by atoms with Crippen molar-refractivity contribution >= 4 is 41.2 Å². The van der Waals surface area contributed by atoms with E-state index in [0.717, 1.165) is 37.0 Å². The molecule has 0 unspecified atom stereocenters. The number of methoxy groups -OCH3 is 1. The fraction of sp³-hybridized carbons (Fsp3) is 0.258. The van der Waals surface area contributed by atoms with Crippen molar-refractivity contribution < 1.29 is 13.9 Å². The molecular formula is C31H30ClFN4O2. The molecule has 1 amide bonds. The van der Waals surface area contributed by atoms with Crippen LogP contribution in [0.1, 0.15) is 48.3 Å². The van der Waals surface area contributed by atoms with Crippen LogP contribution in [0.4, 0.5) is 10.1 Å². The number of amides is 1. The van der Waals surface area contributed by atoms with Gasteiger partial charge in [0, 0.05) is 36.6 Å². The molecule has 2 heterocycles. The fourth-order valence-electron chi connectivity index (χ4n) is 4.93. The summed E-state index contributed by atoms with van der Waals surface area (Å²) in [7, 11) is 3.29. The molecule has 2 aliphatic rings. The van der Waals surface area contributed by atoms with Crippen molar-refractivity contribution in [1.29, 1.82) is 0 Å². The predicted octanol–water partition coefficient (Wildman–Crippen LogP) is 7.58. The lowest BCUT2D eigenvalue weighted by molar-refractivity contribution is 0.0719. The van der Waals surface area contributed by atoms with Crippen LogP contribution in [0, 0.1) is 5.82 Å². The Kier molecular flexibility index (Phi) is 8.07. The Balaban J connectivity index is 1.35. The Morgan fingerprint density at radius 2 is 1.97 bits per heavy atom. The third-order valence-corrected chi connectivity index (χ3v) is 7.45. The lowest BCUT2D eigenvalue weighted by atomic mass is 10.1. The molecule has 0 radical (unpaired) electrons. The Hall–Kier alpha value is -3.97. The molecule has 1 aliphatic heterocycles. The van der Waals surface area contributed by atoms with Crippen LogP contribution in [0.3, 0.4) is 0 Å². The summed E-state index contributed by atoms with van der Waals surface area (Å²) < 4.78 is 21.3. The first-order valence-electron chi connectivity index (χ1n) is 13.0. The first-order chi connectivity index (χ1) is 19.0. The number of hydrogen-bond acceptors (Lipinski definition) is 4. The molecule has 0 fully saturated rings. The molecule has 0 saturated heterocycles. The van der Waals surface area contributed by atoms with Gasteiger partial charge in [0.2, 0.25) is 0 Å². The van der Waals surface area contributed by atoms with Gasteiger partial charge in [-0.3, -0.25) is 14.4 Å². The van der Waals surface area contributed by atoms with Crippen molar-refractivity contribution in [1.82, 2.24) is 14.5 Å². The largest absolute Gasteiger partial charge is 0.494 e. The van der Waals surface area contributed by atoms with Crippen LogP contribution in [0.25, 0.3) is 23.0 Å². The zero-order valence-corrected chi connectivity index (χ0v) is 22.7. The number of allylic oxidation sites excluding steroid dienone is 5. The zero-order valence-electron chi connectivity index (χ0n) is 22.0. The molecule has 5 rings (SSSR count). The molecule has 0 saturated carbocycles. The van der Waals surface area contributed by atoms with Crippen LogP contribution in [0.2, 0.25) is 5.02 Å². The second-order valence-corrected chi connectivity index (χ2v) is 9.99. The molecule has 200 valence electrons. The fourth-order valence-corrected chi connectivity index (χ4v) is 5.19. The third kappa shape index (κ3) is 5.73. The summed E-state index contributed by atoms with van der Waals surface area (Å²) in [4.78, 5) is 24.2. The van der Waals surface area contributed by atoms with Crippen molar-refractivity contribution in [2.45, 2.75) is 38.1 Å². The van der Waals surface area contributed by atoms with E-state index in [4.69, 9.17) is 16.3 Å². The highest BCUT2D eigenvalue weighted by Gasteiger charge is 2.23. The number of rotatable bonds is 6. The molecule has 0 atom stereocenters. The van der Waals surface area contributed by atoms with E-state index in [2.05, 4.69) is 22.1 Å². The van der Waals surface area contributed by atoms with Crippen LogP contribution in [-0.2, 0) is 0 Å². The Morgan fingerprint density at radius 1 is 1.18 bits per heavy atom. The van der Waals surface area contributed by atoms with Crippen LogP contribution in [-0.4, -0.2) is 46.8 Å². The highest BCUT2D eigenvalue weighted by molar-refractivity contribution is 6.34. The Morgan fingerprint density at radius 3 is 2.69 bits per heavy atom. The molecule has 6 nitrogen and oxygen atoms in total. The van der Waals surface area contributed by atoms with Crippen LogP contribution in [0.15, 0.2) is 71.9 Å². The molecule has 1 aliphatic carbocycles. The molecule has 0 spiro atoms. The van der Waals surface area contributed by atoms with Crippen molar-refractivity contribution in [3.8, 4) is 17.0 Å². The topological polar surface area (TPSA) is 59.7 Å². The monoisotopic (exact) mass is 544 g/mol. The Bertz CT molecular complexity index is 1490. The number of ether oxygens (including phenoxy) is 1. The van der Waals surface area contributed by atoms with Gasteiger partial charge < -0.3 is 9.64 Å². The third-order valence-electron chi connectivity index (χ3n) is 7.13. The first kappa shape index (κ1) is 26.6. The Labute approximate surface area is 232 Å². The summed E-state index contributed by atoms with van der Waals surface area (Å²) in [5.74, 6) is 0.370. The number of halogens is 2. The highest BCUT2D eigenvalue weighted by Crippen LogP contribution is 2.30. The van der Waals surface area contributed by atoms with E-state index in [-0.39, 0.29) is 17.7 Å². The van der Waals surface area contributed by atoms with Crippen LogP contribution in [0.5, 0.6) is 5.75 Å². The number of carbonyl (C=O) groups is 1. The SMILES string of the molecule is COc1ccc(-c2cnc3n2C=CCC=C3/C=N/c2ccc(C(=O)N(C)C3CCC=CCC3)c(Cl)c2)cc1F.